The molecule has 3 aromatic carbocycles. The average molecular weight is 505 g/mol. The zero-order chi connectivity index (χ0) is 24.2. The predicted octanol–water partition coefficient (Wildman–Crippen LogP) is 5.76. The molecule has 0 radical (unpaired) electrons. The molecule has 0 amide bonds. The molecule has 5 rings (SSSR count). The van der Waals surface area contributed by atoms with Crippen LogP contribution in [0, 0.1) is 10.1 Å². The minimum atomic E-state index is -0.477. The lowest BCUT2D eigenvalue weighted by Crippen LogP contribution is -2.04. The normalized spacial score (nSPS) is 11.0. The van der Waals surface area contributed by atoms with Crippen LogP contribution in [0.4, 0.5) is 5.69 Å². The molecule has 35 heavy (non-hydrogen) atoms. The van der Waals surface area contributed by atoms with E-state index < -0.39 is 4.92 Å². The van der Waals surface area contributed by atoms with E-state index in [0.29, 0.717) is 28.2 Å². The van der Waals surface area contributed by atoms with Crippen molar-refractivity contribution in [2.45, 2.75) is 17.3 Å². The van der Waals surface area contributed by atoms with Crippen molar-refractivity contribution in [1.29, 1.82) is 0 Å². The second-order valence-electron chi connectivity index (χ2n) is 7.44. The van der Waals surface area contributed by atoms with Gasteiger partial charge in [-0.3, -0.25) is 14.7 Å². The first-order valence-electron chi connectivity index (χ1n) is 10.5. The van der Waals surface area contributed by atoms with Gasteiger partial charge in [0.1, 0.15) is 11.4 Å². The van der Waals surface area contributed by atoms with Crippen molar-refractivity contribution in [2.75, 3.05) is 0 Å². The number of aromatic nitrogens is 5. The summed E-state index contributed by atoms with van der Waals surface area (Å²) in [4.78, 5) is 10.8. The van der Waals surface area contributed by atoms with Gasteiger partial charge in [-0.15, -0.1) is 20.4 Å². The van der Waals surface area contributed by atoms with Crippen LogP contribution in [0.3, 0.4) is 0 Å². The number of halogens is 1. The van der Waals surface area contributed by atoms with Crippen molar-refractivity contribution in [3.8, 4) is 17.1 Å². The third-order valence-corrected chi connectivity index (χ3v) is 6.24. The molecule has 0 atom stereocenters. The Labute approximate surface area is 208 Å². The number of benzene rings is 3. The first-order chi connectivity index (χ1) is 17.1. The van der Waals surface area contributed by atoms with Crippen LogP contribution in [0.5, 0.6) is 0 Å². The summed E-state index contributed by atoms with van der Waals surface area (Å²) in [5, 5.41) is 29.4. The summed E-state index contributed by atoms with van der Waals surface area (Å²) >= 11 is 7.62. The van der Waals surface area contributed by atoms with Crippen LogP contribution < -0.4 is 0 Å². The third kappa shape index (κ3) is 5.08. The van der Waals surface area contributed by atoms with Gasteiger partial charge < -0.3 is 4.42 Å². The highest BCUT2D eigenvalue weighted by Crippen LogP contribution is 2.31. The maximum absolute atomic E-state index is 11.3. The predicted molar refractivity (Wildman–Crippen MR) is 132 cm³/mol. The molecule has 0 N–H and O–H groups in total. The Morgan fingerprint density at radius 2 is 1.74 bits per heavy atom. The summed E-state index contributed by atoms with van der Waals surface area (Å²) in [5.74, 6) is 1.46. The van der Waals surface area contributed by atoms with Crippen LogP contribution in [0.25, 0.3) is 17.1 Å². The first-order valence-corrected chi connectivity index (χ1v) is 11.9. The van der Waals surface area contributed by atoms with Gasteiger partial charge in [0.2, 0.25) is 5.89 Å². The van der Waals surface area contributed by atoms with E-state index in [4.69, 9.17) is 16.0 Å². The highest BCUT2D eigenvalue weighted by molar-refractivity contribution is 7.98. The Bertz CT molecular complexity index is 1490. The van der Waals surface area contributed by atoms with Gasteiger partial charge in [-0.1, -0.05) is 71.9 Å². The number of nitro groups is 1. The molecule has 174 valence electrons. The molecule has 2 heterocycles. The summed E-state index contributed by atoms with van der Waals surface area (Å²) in [6.07, 6.45) is 0.587. The van der Waals surface area contributed by atoms with Crippen molar-refractivity contribution in [3.63, 3.8) is 0 Å². The fraction of sp³-hybridized carbons (Fsp3) is 0.0833. The number of hydrogen-bond acceptors (Lipinski definition) is 8. The second-order valence-corrected chi connectivity index (χ2v) is 8.82. The standard InChI is InChI=1S/C24H17ClN6O3S/c25-17-9-6-10-18(14-17)30-21(13-16-7-2-1-3-8-16)26-29-24(30)35-15-22-27-28-23(34-22)19-11-4-5-12-20(19)31(32)33/h1-12,14H,13,15H2. The molecule has 0 bridgehead atoms. The van der Waals surface area contributed by atoms with E-state index in [1.54, 1.807) is 18.2 Å². The number of para-hydroxylation sites is 1. The van der Waals surface area contributed by atoms with Crippen LogP contribution >= 0.6 is 23.4 Å². The second kappa shape index (κ2) is 10.1. The number of nitro benzene ring substituents is 1. The fourth-order valence-electron chi connectivity index (χ4n) is 3.52. The maximum Gasteiger partial charge on any atom is 0.282 e. The third-order valence-electron chi connectivity index (χ3n) is 5.09. The summed E-state index contributed by atoms with van der Waals surface area (Å²) < 4.78 is 7.67. The van der Waals surface area contributed by atoms with E-state index >= 15 is 0 Å². The summed E-state index contributed by atoms with van der Waals surface area (Å²) in [6.45, 7) is 0. The van der Waals surface area contributed by atoms with Gasteiger partial charge in [0.25, 0.3) is 11.6 Å². The van der Waals surface area contributed by atoms with E-state index in [2.05, 4.69) is 20.4 Å². The van der Waals surface area contributed by atoms with Crippen molar-refractivity contribution in [3.05, 3.63) is 111 Å². The molecule has 2 aromatic heterocycles. The maximum atomic E-state index is 11.3. The monoisotopic (exact) mass is 504 g/mol. The summed E-state index contributed by atoms with van der Waals surface area (Å²) in [7, 11) is 0. The molecule has 5 aromatic rings. The first kappa shape index (κ1) is 22.8. The van der Waals surface area contributed by atoms with E-state index in [0.717, 1.165) is 17.1 Å². The SMILES string of the molecule is O=[N+]([O-])c1ccccc1-c1nnc(CSc2nnc(Cc3ccccc3)n2-c2cccc(Cl)c2)o1. The molecule has 0 fully saturated rings. The van der Waals surface area contributed by atoms with Gasteiger partial charge in [-0.2, -0.15) is 0 Å². The zero-order valence-electron chi connectivity index (χ0n) is 18.1. The number of rotatable bonds is 8. The summed E-state index contributed by atoms with van der Waals surface area (Å²) in [5.41, 5.74) is 2.11. The van der Waals surface area contributed by atoms with Crippen molar-refractivity contribution in [1.82, 2.24) is 25.0 Å². The van der Waals surface area contributed by atoms with Crippen molar-refractivity contribution >= 4 is 29.1 Å². The molecule has 11 heteroatoms. The van der Waals surface area contributed by atoms with Crippen LogP contribution in [-0.2, 0) is 12.2 Å². The number of hydrogen-bond donors (Lipinski definition) is 0. The van der Waals surface area contributed by atoms with Gasteiger partial charge in [-0.05, 0) is 29.8 Å². The minimum Gasteiger partial charge on any atom is -0.420 e. The summed E-state index contributed by atoms with van der Waals surface area (Å²) in [6, 6.07) is 23.7. The lowest BCUT2D eigenvalue weighted by atomic mass is 10.1. The molecule has 0 aliphatic carbocycles. The molecule has 0 saturated heterocycles. The average Bonchev–Trinajstić information content (AvgIpc) is 3.50. The van der Waals surface area contributed by atoms with Crippen LogP contribution in [-0.4, -0.2) is 29.9 Å². The molecule has 9 nitrogen and oxygen atoms in total. The van der Waals surface area contributed by atoms with Crippen LogP contribution in [0.15, 0.2) is 88.4 Å². The van der Waals surface area contributed by atoms with Crippen LogP contribution in [0.1, 0.15) is 17.3 Å². The smallest absolute Gasteiger partial charge is 0.282 e. The highest BCUT2D eigenvalue weighted by Gasteiger charge is 2.21. The Morgan fingerprint density at radius 3 is 2.54 bits per heavy atom. The van der Waals surface area contributed by atoms with Gasteiger partial charge in [0.05, 0.1) is 16.4 Å². The lowest BCUT2D eigenvalue weighted by Gasteiger charge is -2.10. The Kier molecular flexibility index (Phi) is 6.55. The number of thioether (sulfide) groups is 1. The Hall–Kier alpha value is -4.02. The van der Waals surface area contributed by atoms with Crippen molar-refractivity contribution < 1.29 is 9.34 Å². The van der Waals surface area contributed by atoms with Gasteiger partial charge in [0, 0.05) is 17.5 Å². The topological polar surface area (TPSA) is 113 Å². The van der Waals surface area contributed by atoms with Gasteiger partial charge >= 0.3 is 0 Å². The Morgan fingerprint density at radius 1 is 0.943 bits per heavy atom. The molecular formula is C24H17ClN6O3S. The van der Waals surface area contributed by atoms with Gasteiger partial charge in [-0.25, -0.2) is 0 Å². The number of nitrogens with zero attached hydrogens (tertiary/aromatic N) is 6. The van der Waals surface area contributed by atoms with E-state index in [9.17, 15) is 10.1 Å². The highest BCUT2D eigenvalue weighted by atomic mass is 35.5. The molecule has 0 spiro atoms. The zero-order valence-corrected chi connectivity index (χ0v) is 19.7. The van der Waals surface area contributed by atoms with Gasteiger partial charge in [0.15, 0.2) is 5.16 Å². The van der Waals surface area contributed by atoms with E-state index in [-0.39, 0.29) is 17.1 Å². The van der Waals surface area contributed by atoms with E-state index in [1.165, 1.54) is 17.8 Å². The molecule has 0 saturated carbocycles. The molecule has 0 aliphatic heterocycles. The largest absolute Gasteiger partial charge is 0.420 e. The lowest BCUT2D eigenvalue weighted by molar-refractivity contribution is -0.384. The minimum absolute atomic E-state index is 0.0916. The quantitative estimate of drug-likeness (QED) is 0.149. The van der Waals surface area contributed by atoms with E-state index in [1.807, 2.05) is 59.2 Å². The molecular weight excluding hydrogens is 488 g/mol. The Balaban J connectivity index is 1.42. The molecule has 0 aliphatic rings. The molecule has 0 unspecified atom stereocenters. The fourth-order valence-corrected chi connectivity index (χ4v) is 4.51. The van der Waals surface area contributed by atoms with Crippen LogP contribution in [0.2, 0.25) is 5.02 Å². The van der Waals surface area contributed by atoms with Crippen molar-refractivity contribution in [2.24, 2.45) is 0 Å².